The summed E-state index contributed by atoms with van der Waals surface area (Å²) in [6.45, 7) is 0.951. The number of nitrogens with zero attached hydrogens (tertiary/aromatic N) is 2. The third-order valence-electron chi connectivity index (χ3n) is 4.89. The SMILES string of the molecule is COc1cccc2nc(-c3c(F)cc(O)cc3Cl)c(Nc3ccc4c(c3)OCCO4)n12. The van der Waals surface area contributed by atoms with Gasteiger partial charge in [-0.1, -0.05) is 17.7 Å². The maximum Gasteiger partial charge on any atom is 0.200 e. The highest BCUT2D eigenvalue weighted by Crippen LogP contribution is 2.41. The number of imidazole rings is 1. The number of halogens is 2. The second-order valence-corrected chi connectivity index (χ2v) is 7.25. The number of fused-ring (bicyclic) bond motifs is 2. The van der Waals surface area contributed by atoms with E-state index in [1.165, 1.54) is 13.2 Å². The molecule has 0 saturated carbocycles. The van der Waals surface area contributed by atoms with Gasteiger partial charge in [-0.3, -0.25) is 0 Å². The van der Waals surface area contributed by atoms with Crippen LogP contribution >= 0.6 is 11.6 Å². The molecule has 2 aromatic heterocycles. The van der Waals surface area contributed by atoms with Gasteiger partial charge in [0, 0.05) is 17.8 Å². The van der Waals surface area contributed by atoms with Gasteiger partial charge in [0.1, 0.15) is 41.9 Å². The van der Waals surface area contributed by atoms with E-state index in [2.05, 4.69) is 10.3 Å². The highest BCUT2D eigenvalue weighted by atomic mass is 35.5. The van der Waals surface area contributed by atoms with Crippen molar-refractivity contribution in [3.63, 3.8) is 0 Å². The molecule has 31 heavy (non-hydrogen) atoms. The number of phenolic OH excluding ortho intramolecular Hbond substituents is 1. The number of methoxy groups -OCH3 is 1. The lowest BCUT2D eigenvalue weighted by molar-refractivity contribution is 0.171. The van der Waals surface area contributed by atoms with E-state index in [0.717, 1.165) is 6.07 Å². The number of hydrogen-bond donors (Lipinski definition) is 2. The lowest BCUT2D eigenvalue weighted by Gasteiger charge is -2.19. The highest BCUT2D eigenvalue weighted by Gasteiger charge is 2.23. The van der Waals surface area contributed by atoms with Crippen LogP contribution in [0.2, 0.25) is 5.02 Å². The van der Waals surface area contributed by atoms with E-state index >= 15 is 0 Å². The van der Waals surface area contributed by atoms with Gasteiger partial charge in [-0.15, -0.1) is 0 Å². The first-order valence-electron chi connectivity index (χ1n) is 9.45. The smallest absolute Gasteiger partial charge is 0.200 e. The molecule has 158 valence electrons. The molecule has 0 aliphatic carbocycles. The molecule has 0 radical (unpaired) electrons. The number of phenols is 1. The Balaban J connectivity index is 1.72. The maximum absolute atomic E-state index is 14.9. The predicted octanol–water partition coefficient (Wildman–Crippen LogP) is 5.02. The Kier molecular flexibility index (Phi) is 4.71. The van der Waals surface area contributed by atoms with Gasteiger partial charge in [0.25, 0.3) is 0 Å². The van der Waals surface area contributed by atoms with Crippen molar-refractivity contribution in [1.82, 2.24) is 9.38 Å². The molecule has 0 bridgehead atoms. The Labute approximate surface area is 181 Å². The van der Waals surface area contributed by atoms with Crippen LogP contribution in [0.4, 0.5) is 15.9 Å². The minimum absolute atomic E-state index is 0.0325. The molecule has 2 N–H and O–H groups in total. The van der Waals surface area contributed by atoms with E-state index in [1.807, 2.05) is 6.07 Å². The molecule has 0 unspecified atom stereocenters. The minimum atomic E-state index is -0.697. The average molecular weight is 442 g/mol. The van der Waals surface area contributed by atoms with Gasteiger partial charge in [-0.25, -0.2) is 13.8 Å². The molecule has 3 heterocycles. The fraction of sp³-hybridized carbons (Fsp3) is 0.136. The quantitative estimate of drug-likeness (QED) is 0.463. The van der Waals surface area contributed by atoms with Crippen molar-refractivity contribution in [2.75, 3.05) is 25.6 Å². The molecule has 0 saturated heterocycles. The summed E-state index contributed by atoms with van der Waals surface area (Å²) in [5.74, 6) is 1.22. The summed E-state index contributed by atoms with van der Waals surface area (Å²) >= 11 is 6.30. The number of anilines is 2. The predicted molar refractivity (Wildman–Crippen MR) is 115 cm³/mol. The number of aromatic hydroxyl groups is 1. The zero-order chi connectivity index (χ0) is 21.5. The van der Waals surface area contributed by atoms with Gasteiger partial charge in [-0.2, -0.15) is 0 Å². The zero-order valence-electron chi connectivity index (χ0n) is 16.4. The zero-order valence-corrected chi connectivity index (χ0v) is 17.1. The van der Waals surface area contributed by atoms with Gasteiger partial charge in [0.05, 0.1) is 17.7 Å². The van der Waals surface area contributed by atoms with Crippen LogP contribution in [0.1, 0.15) is 0 Å². The number of pyridine rings is 1. The molecule has 9 heteroatoms. The highest BCUT2D eigenvalue weighted by molar-refractivity contribution is 6.33. The van der Waals surface area contributed by atoms with Crippen molar-refractivity contribution < 1.29 is 23.7 Å². The molecule has 0 spiro atoms. The maximum atomic E-state index is 14.9. The fourth-order valence-electron chi connectivity index (χ4n) is 3.56. The second kappa shape index (κ2) is 7.55. The van der Waals surface area contributed by atoms with Crippen LogP contribution in [0.3, 0.4) is 0 Å². The molecular formula is C22H17ClFN3O4. The number of hydrogen-bond acceptors (Lipinski definition) is 6. The van der Waals surface area contributed by atoms with Gasteiger partial charge < -0.3 is 24.6 Å². The van der Waals surface area contributed by atoms with Crippen LogP contribution in [-0.2, 0) is 0 Å². The van der Waals surface area contributed by atoms with Crippen LogP contribution < -0.4 is 19.5 Å². The van der Waals surface area contributed by atoms with Crippen LogP contribution in [0.5, 0.6) is 23.1 Å². The Hall–Kier alpha value is -3.65. The van der Waals surface area contributed by atoms with Crippen molar-refractivity contribution >= 4 is 28.8 Å². The lowest BCUT2D eigenvalue weighted by Crippen LogP contribution is -2.15. The van der Waals surface area contributed by atoms with Crippen molar-refractivity contribution in [3.8, 4) is 34.4 Å². The molecular weight excluding hydrogens is 425 g/mol. The van der Waals surface area contributed by atoms with Crippen molar-refractivity contribution in [2.24, 2.45) is 0 Å². The van der Waals surface area contributed by atoms with Crippen LogP contribution in [0.15, 0.2) is 48.5 Å². The Morgan fingerprint density at radius 2 is 1.94 bits per heavy atom. The Morgan fingerprint density at radius 1 is 1.13 bits per heavy atom. The summed E-state index contributed by atoms with van der Waals surface area (Å²) in [5, 5.41) is 13.0. The van der Waals surface area contributed by atoms with Crippen LogP contribution in [0.25, 0.3) is 16.9 Å². The molecule has 5 rings (SSSR count). The summed E-state index contributed by atoms with van der Waals surface area (Å²) in [5.41, 5.74) is 1.53. The fourth-order valence-corrected chi connectivity index (χ4v) is 3.85. The molecule has 1 aliphatic heterocycles. The summed E-state index contributed by atoms with van der Waals surface area (Å²) < 4.78 is 33.3. The van der Waals surface area contributed by atoms with E-state index in [9.17, 15) is 9.50 Å². The van der Waals surface area contributed by atoms with Crippen LogP contribution in [0, 0.1) is 5.82 Å². The lowest BCUT2D eigenvalue weighted by atomic mass is 10.1. The van der Waals surface area contributed by atoms with E-state index in [0.29, 0.717) is 47.7 Å². The summed E-state index contributed by atoms with van der Waals surface area (Å²) in [6.07, 6.45) is 0. The van der Waals surface area contributed by atoms with E-state index in [-0.39, 0.29) is 22.0 Å². The van der Waals surface area contributed by atoms with E-state index in [1.54, 1.807) is 34.7 Å². The minimum Gasteiger partial charge on any atom is -0.508 e. The molecule has 2 aromatic carbocycles. The average Bonchev–Trinajstić information content (AvgIpc) is 3.11. The summed E-state index contributed by atoms with van der Waals surface area (Å²) in [7, 11) is 1.54. The largest absolute Gasteiger partial charge is 0.508 e. The monoisotopic (exact) mass is 441 g/mol. The van der Waals surface area contributed by atoms with Crippen molar-refractivity contribution in [3.05, 3.63) is 59.4 Å². The summed E-state index contributed by atoms with van der Waals surface area (Å²) in [4.78, 5) is 4.58. The summed E-state index contributed by atoms with van der Waals surface area (Å²) in [6, 6.07) is 13.0. The number of ether oxygens (including phenoxy) is 3. The number of aromatic nitrogens is 2. The normalized spacial score (nSPS) is 12.7. The Morgan fingerprint density at radius 3 is 2.71 bits per heavy atom. The molecule has 0 fully saturated rings. The molecule has 7 nitrogen and oxygen atoms in total. The second-order valence-electron chi connectivity index (χ2n) is 6.84. The first kappa shape index (κ1) is 19.3. The molecule has 4 aromatic rings. The van der Waals surface area contributed by atoms with Gasteiger partial charge in [-0.05, 0) is 30.3 Å². The van der Waals surface area contributed by atoms with Crippen molar-refractivity contribution in [1.29, 1.82) is 0 Å². The first-order chi connectivity index (χ1) is 15.0. The van der Waals surface area contributed by atoms with E-state index in [4.69, 9.17) is 25.8 Å². The van der Waals surface area contributed by atoms with Gasteiger partial charge >= 0.3 is 0 Å². The third-order valence-corrected chi connectivity index (χ3v) is 5.18. The van der Waals surface area contributed by atoms with Crippen LogP contribution in [-0.4, -0.2) is 34.8 Å². The first-order valence-corrected chi connectivity index (χ1v) is 9.83. The standard InChI is InChI=1S/C22H17ClFN3O4/c1-29-19-4-2-3-18-26-21(20-14(23)10-13(28)11-15(20)24)22(27(18)19)25-12-5-6-16-17(9-12)31-8-7-30-16/h2-6,9-11,25,28H,7-8H2,1H3. The van der Waals surface area contributed by atoms with Crippen molar-refractivity contribution in [2.45, 2.75) is 0 Å². The number of benzene rings is 2. The van der Waals surface area contributed by atoms with E-state index < -0.39 is 5.82 Å². The topological polar surface area (TPSA) is 77.2 Å². The third kappa shape index (κ3) is 3.34. The molecule has 0 atom stereocenters. The Bertz CT molecular complexity index is 1280. The number of nitrogens with one attached hydrogen (secondary N) is 1. The molecule has 0 amide bonds. The number of rotatable bonds is 4. The molecule has 1 aliphatic rings. The van der Waals surface area contributed by atoms with Gasteiger partial charge in [0.2, 0.25) is 5.88 Å². The van der Waals surface area contributed by atoms with Gasteiger partial charge in [0.15, 0.2) is 11.5 Å².